The van der Waals surface area contributed by atoms with Crippen molar-refractivity contribution in [1.82, 2.24) is 15.2 Å². The average molecular weight is 413 g/mol. The monoisotopic (exact) mass is 413 g/mol. The number of thioether (sulfide) groups is 1. The third-order valence-corrected chi connectivity index (χ3v) is 5.51. The molecule has 2 aromatic carbocycles. The van der Waals surface area contributed by atoms with Gasteiger partial charge in [0.1, 0.15) is 23.2 Å². The molecule has 0 spiro atoms. The molecule has 2 aromatic heterocycles. The SMILES string of the molecule is Cc1cccc(-c2nnc(SCc3csc(COc4ccc(F)cc4)n3)o2)c1. The van der Waals surface area contributed by atoms with E-state index in [1.54, 1.807) is 12.1 Å². The Bertz CT molecular complexity index is 1060. The van der Waals surface area contributed by atoms with Crippen molar-refractivity contribution >= 4 is 23.1 Å². The average Bonchev–Trinajstić information content (AvgIpc) is 3.35. The molecule has 4 aromatic rings. The first-order valence-corrected chi connectivity index (χ1v) is 10.4. The highest BCUT2D eigenvalue weighted by Gasteiger charge is 2.11. The fourth-order valence-corrected chi connectivity index (χ4v) is 3.92. The summed E-state index contributed by atoms with van der Waals surface area (Å²) in [5.74, 6) is 1.47. The highest BCUT2D eigenvalue weighted by Crippen LogP contribution is 2.27. The number of aromatic nitrogens is 3. The first-order valence-electron chi connectivity index (χ1n) is 8.51. The van der Waals surface area contributed by atoms with Crippen molar-refractivity contribution in [3.63, 3.8) is 0 Å². The zero-order valence-corrected chi connectivity index (χ0v) is 16.6. The lowest BCUT2D eigenvalue weighted by Gasteiger charge is -2.03. The Morgan fingerprint density at radius 3 is 2.82 bits per heavy atom. The first kappa shape index (κ1) is 18.6. The van der Waals surface area contributed by atoms with Crippen LogP contribution < -0.4 is 4.74 Å². The maximum Gasteiger partial charge on any atom is 0.277 e. The number of rotatable bonds is 7. The van der Waals surface area contributed by atoms with Gasteiger partial charge in [-0.3, -0.25) is 0 Å². The van der Waals surface area contributed by atoms with Crippen LogP contribution in [0, 0.1) is 12.7 Å². The normalized spacial score (nSPS) is 10.9. The Labute approximate surface area is 169 Å². The van der Waals surface area contributed by atoms with Gasteiger partial charge in [-0.25, -0.2) is 9.37 Å². The second-order valence-electron chi connectivity index (χ2n) is 6.01. The number of nitrogens with zero attached hydrogens (tertiary/aromatic N) is 3. The predicted molar refractivity (Wildman–Crippen MR) is 107 cm³/mol. The van der Waals surface area contributed by atoms with Crippen LogP contribution in [0.15, 0.2) is 63.6 Å². The lowest BCUT2D eigenvalue weighted by atomic mass is 10.1. The van der Waals surface area contributed by atoms with Gasteiger partial charge in [0.15, 0.2) is 0 Å². The second kappa shape index (κ2) is 8.53. The molecule has 2 heterocycles. The molecule has 4 rings (SSSR count). The van der Waals surface area contributed by atoms with Gasteiger partial charge in [-0.2, -0.15) is 0 Å². The van der Waals surface area contributed by atoms with Crippen molar-refractivity contribution in [2.24, 2.45) is 0 Å². The van der Waals surface area contributed by atoms with Crippen molar-refractivity contribution in [2.45, 2.75) is 24.5 Å². The molecule has 0 unspecified atom stereocenters. The lowest BCUT2D eigenvalue weighted by molar-refractivity contribution is 0.305. The smallest absolute Gasteiger partial charge is 0.277 e. The number of thiazole rings is 1. The summed E-state index contributed by atoms with van der Waals surface area (Å²) in [7, 11) is 0. The molecule has 28 heavy (non-hydrogen) atoms. The minimum absolute atomic E-state index is 0.285. The molecule has 142 valence electrons. The van der Waals surface area contributed by atoms with Gasteiger partial charge >= 0.3 is 0 Å². The summed E-state index contributed by atoms with van der Waals surface area (Å²) in [5, 5.41) is 11.5. The Balaban J connectivity index is 1.31. The zero-order valence-electron chi connectivity index (χ0n) is 15.0. The van der Waals surface area contributed by atoms with Crippen LogP contribution in [0.4, 0.5) is 4.39 Å². The van der Waals surface area contributed by atoms with Gasteiger partial charge in [-0.15, -0.1) is 21.5 Å². The van der Waals surface area contributed by atoms with Crippen LogP contribution in [0.3, 0.4) is 0 Å². The molecule has 0 amide bonds. The number of benzene rings is 2. The minimum Gasteiger partial charge on any atom is -0.486 e. The highest BCUT2D eigenvalue weighted by atomic mass is 32.2. The maximum atomic E-state index is 12.9. The molecule has 0 aliphatic carbocycles. The molecule has 0 aliphatic rings. The van der Waals surface area contributed by atoms with Crippen LogP contribution in [-0.4, -0.2) is 15.2 Å². The van der Waals surface area contributed by atoms with Crippen molar-refractivity contribution in [3.8, 4) is 17.2 Å². The molecular formula is C20H16FN3O2S2. The van der Waals surface area contributed by atoms with E-state index < -0.39 is 0 Å². The van der Waals surface area contributed by atoms with Gasteiger partial charge in [0.05, 0.1) is 5.69 Å². The Hall–Kier alpha value is -2.71. The predicted octanol–water partition coefficient (Wildman–Crippen LogP) is 5.51. The van der Waals surface area contributed by atoms with Crippen LogP contribution in [0.25, 0.3) is 11.5 Å². The summed E-state index contributed by atoms with van der Waals surface area (Å²) in [5.41, 5.74) is 2.97. The van der Waals surface area contributed by atoms with E-state index in [1.807, 2.05) is 36.6 Å². The van der Waals surface area contributed by atoms with Gasteiger partial charge < -0.3 is 9.15 Å². The lowest BCUT2D eigenvalue weighted by Crippen LogP contribution is -1.95. The summed E-state index contributed by atoms with van der Waals surface area (Å²) in [4.78, 5) is 4.54. The molecule has 0 saturated carbocycles. The van der Waals surface area contributed by atoms with E-state index >= 15 is 0 Å². The summed E-state index contributed by atoms with van der Waals surface area (Å²) >= 11 is 2.96. The number of halogens is 1. The molecule has 0 aliphatic heterocycles. The van der Waals surface area contributed by atoms with Crippen LogP contribution in [0.2, 0.25) is 0 Å². The molecule has 0 radical (unpaired) electrons. The molecule has 0 bridgehead atoms. The van der Waals surface area contributed by atoms with Crippen molar-refractivity contribution in [3.05, 3.63) is 76.0 Å². The quantitative estimate of drug-likeness (QED) is 0.372. The summed E-state index contributed by atoms with van der Waals surface area (Å²) in [6, 6.07) is 13.9. The zero-order chi connectivity index (χ0) is 19.3. The van der Waals surface area contributed by atoms with Crippen LogP contribution in [0.5, 0.6) is 5.75 Å². The Morgan fingerprint density at radius 1 is 1.14 bits per heavy atom. The van der Waals surface area contributed by atoms with Gasteiger partial charge in [0.25, 0.3) is 5.22 Å². The van der Waals surface area contributed by atoms with E-state index in [9.17, 15) is 4.39 Å². The number of aryl methyl sites for hydroxylation is 1. The van der Waals surface area contributed by atoms with Crippen molar-refractivity contribution < 1.29 is 13.5 Å². The van der Waals surface area contributed by atoms with E-state index in [0.717, 1.165) is 21.8 Å². The highest BCUT2D eigenvalue weighted by molar-refractivity contribution is 7.98. The largest absolute Gasteiger partial charge is 0.486 e. The molecule has 8 heteroatoms. The third-order valence-electron chi connectivity index (χ3n) is 3.79. The first-order chi connectivity index (χ1) is 13.7. The number of hydrogen-bond acceptors (Lipinski definition) is 7. The molecule has 0 saturated heterocycles. The maximum absolute atomic E-state index is 12.9. The van der Waals surface area contributed by atoms with Crippen LogP contribution in [0.1, 0.15) is 16.3 Å². The Kier molecular flexibility index (Phi) is 5.68. The molecule has 0 N–H and O–H groups in total. The third kappa shape index (κ3) is 4.76. The van der Waals surface area contributed by atoms with Crippen LogP contribution in [-0.2, 0) is 12.4 Å². The summed E-state index contributed by atoms with van der Waals surface area (Å²) in [6.45, 7) is 2.37. The van der Waals surface area contributed by atoms with Crippen molar-refractivity contribution in [2.75, 3.05) is 0 Å². The van der Waals surface area contributed by atoms with Crippen LogP contribution >= 0.6 is 23.1 Å². The van der Waals surface area contributed by atoms with E-state index in [-0.39, 0.29) is 5.82 Å². The molecular weight excluding hydrogens is 397 g/mol. The molecule has 0 fully saturated rings. The topological polar surface area (TPSA) is 61.0 Å². The molecule has 5 nitrogen and oxygen atoms in total. The summed E-state index contributed by atoms with van der Waals surface area (Å²) in [6.07, 6.45) is 0. The Morgan fingerprint density at radius 2 is 2.00 bits per heavy atom. The summed E-state index contributed by atoms with van der Waals surface area (Å²) < 4.78 is 24.3. The second-order valence-corrected chi connectivity index (χ2v) is 7.88. The molecule has 0 atom stereocenters. The fourth-order valence-electron chi connectivity index (χ4n) is 2.46. The minimum atomic E-state index is -0.285. The van der Waals surface area contributed by atoms with Gasteiger partial charge in [0.2, 0.25) is 5.89 Å². The van der Waals surface area contributed by atoms with E-state index in [0.29, 0.717) is 29.2 Å². The van der Waals surface area contributed by atoms with Gasteiger partial charge in [-0.1, -0.05) is 29.5 Å². The van der Waals surface area contributed by atoms with E-state index in [1.165, 1.54) is 35.2 Å². The number of hydrogen-bond donors (Lipinski definition) is 0. The standard InChI is InChI=1S/C20H16FN3O2S2/c1-13-3-2-4-14(9-13)19-23-24-20(26-19)28-12-16-11-27-18(22-16)10-25-17-7-5-15(21)6-8-17/h2-9,11H,10,12H2,1H3. The van der Waals surface area contributed by atoms with Gasteiger partial charge in [-0.05, 0) is 43.3 Å². The van der Waals surface area contributed by atoms with Gasteiger partial charge in [0, 0.05) is 16.7 Å². The van der Waals surface area contributed by atoms with E-state index in [4.69, 9.17) is 9.15 Å². The van der Waals surface area contributed by atoms with Crippen molar-refractivity contribution in [1.29, 1.82) is 0 Å². The van der Waals surface area contributed by atoms with E-state index in [2.05, 4.69) is 15.2 Å². The fraction of sp³-hybridized carbons (Fsp3) is 0.150. The number of ether oxygens (including phenoxy) is 1.